The summed E-state index contributed by atoms with van der Waals surface area (Å²) in [7, 11) is 0. The van der Waals surface area contributed by atoms with Crippen LogP contribution >= 0.6 is 11.6 Å². The van der Waals surface area contributed by atoms with Crippen molar-refractivity contribution in [1.29, 1.82) is 0 Å². The molecule has 0 radical (unpaired) electrons. The van der Waals surface area contributed by atoms with E-state index in [1.54, 1.807) is 6.92 Å². The lowest BCUT2D eigenvalue weighted by molar-refractivity contribution is 0.303. The second-order valence-corrected chi connectivity index (χ2v) is 5.04. The molecule has 0 aliphatic heterocycles. The highest BCUT2D eigenvalue weighted by molar-refractivity contribution is 6.30. The molecule has 0 heterocycles. The Morgan fingerprint density at radius 2 is 1.90 bits per heavy atom. The number of hydrogen-bond donors (Lipinski definition) is 1. The predicted molar refractivity (Wildman–Crippen MR) is 81.0 cm³/mol. The van der Waals surface area contributed by atoms with Gasteiger partial charge in [-0.25, -0.2) is 0 Å². The van der Waals surface area contributed by atoms with Crippen molar-refractivity contribution in [3.63, 3.8) is 0 Å². The first-order chi connectivity index (χ1) is 9.60. The highest BCUT2D eigenvalue weighted by Gasteiger charge is 2.08. The van der Waals surface area contributed by atoms with Crippen molar-refractivity contribution in [3.05, 3.63) is 64.2 Å². The molecule has 3 nitrogen and oxygen atoms in total. The Hall–Kier alpha value is -2.00. The first-order valence-corrected chi connectivity index (χ1v) is 6.65. The monoisotopic (exact) mass is 289 g/mol. The quantitative estimate of drug-likeness (QED) is 0.514. The summed E-state index contributed by atoms with van der Waals surface area (Å²) >= 11 is 5.85. The van der Waals surface area contributed by atoms with Crippen molar-refractivity contribution in [2.24, 2.45) is 5.16 Å². The third-order valence-corrected chi connectivity index (χ3v) is 3.24. The number of rotatable bonds is 4. The molecule has 1 N–H and O–H groups in total. The van der Waals surface area contributed by atoms with Crippen LogP contribution in [-0.2, 0) is 6.61 Å². The van der Waals surface area contributed by atoms with Crippen LogP contribution in [0.25, 0.3) is 0 Å². The third-order valence-electron chi connectivity index (χ3n) is 2.98. The molecule has 0 bridgehead atoms. The summed E-state index contributed by atoms with van der Waals surface area (Å²) in [6.07, 6.45) is 0. The maximum atomic E-state index is 8.92. The zero-order valence-corrected chi connectivity index (χ0v) is 12.2. The molecule has 0 saturated carbocycles. The van der Waals surface area contributed by atoms with E-state index in [1.807, 2.05) is 49.4 Å². The Bertz CT molecular complexity index is 621. The van der Waals surface area contributed by atoms with Gasteiger partial charge >= 0.3 is 0 Å². The summed E-state index contributed by atoms with van der Waals surface area (Å²) in [6.45, 7) is 4.16. The number of aryl methyl sites for hydroxylation is 1. The molecule has 0 saturated heterocycles. The SMILES string of the molecule is CC(=NO)c1ccc(C)cc1OCc1ccc(Cl)cc1. The number of nitrogens with zero attached hydrogens (tertiary/aromatic N) is 1. The van der Waals surface area contributed by atoms with Gasteiger partial charge in [0.05, 0.1) is 5.71 Å². The van der Waals surface area contributed by atoms with Gasteiger partial charge in [-0.2, -0.15) is 0 Å². The average molecular weight is 290 g/mol. The Morgan fingerprint density at radius 3 is 2.55 bits per heavy atom. The van der Waals surface area contributed by atoms with Crippen molar-refractivity contribution in [2.75, 3.05) is 0 Å². The largest absolute Gasteiger partial charge is 0.488 e. The minimum atomic E-state index is 0.437. The van der Waals surface area contributed by atoms with Crippen LogP contribution in [-0.4, -0.2) is 10.9 Å². The third kappa shape index (κ3) is 3.52. The molecule has 104 valence electrons. The van der Waals surface area contributed by atoms with Gasteiger partial charge in [-0.15, -0.1) is 0 Å². The standard InChI is InChI=1S/C16H16ClNO2/c1-11-3-8-15(12(2)18-19)16(9-11)20-10-13-4-6-14(17)7-5-13/h3-9,19H,10H2,1-2H3. The highest BCUT2D eigenvalue weighted by atomic mass is 35.5. The number of ether oxygens (including phenoxy) is 1. The van der Waals surface area contributed by atoms with Crippen LogP contribution in [0.1, 0.15) is 23.6 Å². The van der Waals surface area contributed by atoms with E-state index in [-0.39, 0.29) is 0 Å². The van der Waals surface area contributed by atoms with Crippen LogP contribution in [0.2, 0.25) is 5.02 Å². The molecule has 0 aliphatic rings. The first kappa shape index (κ1) is 14.4. The maximum absolute atomic E-state index is 8.92. The molecule has 2 aromatic carbocycles. The molecule has 0 amide bonds. The van der Waals surface area contributed by atoms with E-state index in [2.05, 4.69) is 5.16 Å². The summed E-state index contributed by atoms with van der Waals surface area (Å²) in [4.78, 5) is 0. The number of hydrogen-bond acceptors (Lipinski definition) is 3. The lowest BCUT2D eigenvalue weighted by Crippen LogP contribution is -2.03. The Kier molecular flexibility index (Phi) is 4.64. The van der Waals surface area contributed by atoms with Gasteiger partial charge in [0.1, 0.15) is 12.4 Å². The molecule has 0 aromatic heterocycles. The second kappa shape index (κ2) is 6.44. The van der Waals surface area contributed by atoms with Gasteiger partial charge in [-0.05, 0) is 49.2 Å². The molecular weight excluding hydrogens is 274 g/mol. The summed E-state index contributed by atoms with van der Waals surface area (Å²) in [6, 6.07) is 13.3. The summed E-state index contributed by atoms with van der Waals surface area (Å²) in [5.41, 5.74) is 3.43. The van der Waals surface area contributed by atoms with Crippen LogP contribution in [0.15, 0.2) is 47.6 Å². The van der Waals surface area contributed by atoms with E-state index in [1.165, 1.54) is 0 Å². The van der Waals surface area contributed by atoms with Crippen LogP contribution in [0.5, 0.6) is 5.75 Å². The highest BCUT2D eigenvalue weighted by Crippen LogP contribution is 2.22. The topological polar surface area (TPSA) is 41.8 Å². The van der Waals surface area contributed by atoms with Gasteiger partial charge in [-0.1, -0.05) is 35.0 Å². The fourth-order valence-electron chi connectivity index (χ4n) is 1.84. The molecule has 0 fully saturated rings. The van der Waals surface area contributed by atoms with Gasteiger partial charge < -0.3 is 9.94 Å². The zero-order valence-electron chi connectivity index (χ0n) is 11.4. The molecule has 2 rings (SSSR count). The molecule has 4 heteroatoms. The van der Waals surface area contributed by atoms with E-state index in [9.17, 15) is 0 Å². The Morgan fingerprint density at radius 1 is 1.20 bits per heavy atom. The molecule has 0 atom stereocenters. The summed E-state index contributed by atoms with van der Waals surface area (Å²) < 4.78 is 5.83. The number of oxime groups is 1. The molecular formula is C16H16ClNO2. The van der Waals surface area contributed by atoms with Gasteiger partial charge in [0.2, 0.25) is 0 Å². The normalized spacial score (nSPS) is 11.4. The lowest BCUT2D eigenvalue weighted by atomic mass is 10.1. The average Bonchev–Trinajstić information content (AvgIpc) is 2.46. The summed E-state index contributed by atoms with van der Waals surface area (Å²) in [5, 5.41) is 12.9. The molecule has 0 aliphatic carbocycles. The molecule has 20 heavy (non-hydrogen) atoms. The molecule has 2 aromatic rings. The molecule has 0 spiro atoms. The zero-order chi connectivity index (χ0) is 14.5. The Labute approximate surface area is 123 Å². The van der Waals surface area contributed by atoms with Gasteiger partial charge in [-0.3, -0.25) is 0 Å². The second-order valence-electron chi connectivity index (χ2n) is 4.60. The smallest absolute Gasteiger partial charge is 0.129 e. The summed E-state index contributed by atoms with van der Waals surface area (Å²) in [5.74, 6) is 0.704. The van der Waals surface area contributed by atoms with E-state index in [0.29, 0.717) is 23.1 Å². The van der Waals surface area contributed by atoms with Gasteiger partial charge in [0.15, 0.2) is 0 Å². The van der Waals surface area contributed by atoms with E-state index < -0.39 is 0 Å². The minimum Gasteiger partial charge on any atom is -0.488 e. The van der Waals surface area contributed by atoms with E-state index in [0.717, 1.165) is 16.7 Å². The predicted octanol–water partition coefficient (Wildman–Crippen LogP) is 4.43. The maximum Gasteiger partial charge on any atom is 0.129 e. The van der Waals surface area contributed by atoms with Gasteiger partial charge in [0, 0.05) is 10.6 Å². The van der Waals surface area contributed by atoms with Crippen LogP contribution in [0, 0.1) is 6.92 Å². The molecule has 0 unspecified atom stereocenters. The van der Waals surface area contributed by atoms with Gasteiger partial charge in [0.25, 0.3) is 0 Å². The number of halogens is 1. The van der Waals surface area contributed by atoms with Crippen molar-refractivity contribution in [3.8, 4) is 5.75 Å². The lowest BCUT2D eigenvalue weighted by Gasteiger charge is -2.12. The fraction of sp³-hybridized carbons (Fsp3) is 0.188. The van der Waals surface area contributed by atoms with Crippen molar-refractivity contribution >= 4 is 17.3 Å². The fourth-order valence-corrected chi connectivity index (χ4v) is 1.97. The van der Waals surface area contributed by atoms with Crippen LogP contribution < -0.4 is 4.74 Å². The minimum absolute atomic E-state index is 0.437. The van der Waals surface area contributed by atoms with E-state index in [4.69, 9.17) is 21.5 Å². The number of benzene rings is 2. The first-order valence-electron chi connectivity index (χ1n) is 6.27. The van der Waals surface area contributed by atoms with Crippen LogP contribution in [0.4, 0.5) is 0 Å². The van der Waals surface area contributed by atoms with Crippen LogP contribution in [0.3, 0.4) is 0 Å². The van der Waals surface area contributed by atoms with Crippen molar-refractivity contribution < 1.29 is 9.94 Å². The van der Waals surface area contributed by atoms with E-state index >= 15 is 0 Å². The Balaban J connectivity index is 2.20. The van der Waals surface area contributed by atoms with Crippen molar-refractivity contribution in [1.82, 2.24) is 0 Å². The van der Waals surface area contributed by atoms with Crippen molar-refractivity contribution in [2.45, 2.75) is 20.5 Å².